The van der Waals surface area contributed by atoms with Gasteiger partial charge in [-0.05, 0) is 54.3 Å². The van der Waals surface area contributed by atoms with Gasteiger partial charge in [-0.25, -0.2) is 8.42 Å². The SMILES string of the molecule is Cc1ccc2ccn(-c3ccc(CC(=O)CS(=O)(=O)c4ccc(Cl)s4)cc3)c(=O)c2c1. The number of carbonyl (C=O) groups excluding carboxylic acids is 1. The quantitative estimate of drug-likeness (QED) is 0.412. The van der Waals surface area contributed by atoms with Crippen molar-refractivity contribution < 1.29 is 13.2 Å². The molecule has 31 heavy (non-hydrogen) atoms. The van der Waals surface area contributed by atoms with Gasteiger partial charge in [0, 0.05) is 23.7 Å². The zero-order chi connectivity index (χ0) is 22.2. The Morgan fingerprint density at radius 3 is 2.45 bits per heavy atom. The lowest BCUT2D eigenvalue weighted by molar-refractivity contribution is -0.116. The molecule has 0 bridgehead atoms. The number of ketones is 1. The first-order chi connectivity index (χ1) is 14.7. The number of fused-ring (bicyclic) bond motifs is 1. The summed E-state index contributed by atoms with van der Waals surface area (Å²) < 4.78 is 26.7. The number of nitrogens with zero attached hydrogens (tertiary/aromatic N) is 1. The van der Waals surface area contributed by atoms with Crippen LogP contribution in [0.2, 0.25) is 4.34 Å². The highest BCUT2D eigenvalue weighted by atomic mass is 35.5. The normalized spacial score (nSPS) is 11.7. The maximum atomic E-state index is 12.9. The molecule has 4 aromatic rings. The number of sulfone groups is 1. The maximum Gasteiger partial charge on any atom is 0.262 e. The molecule has 2 aromatic carbocycles. The molecule has 2 heterocycles. The smallest absolute Gasteiger partial charge is 0.262 e. The van der Waals surface area contributed by atoms with Crippen LogP contribution in [0, 0.1) is 6.92 Å². The summed E-state index contributed by atoms with van der Waals surface area (Å²) in [5.41, 5.74) is 2.24. The Morgan fingerprint density at radius 2 is 1.77 bits per heavy atom. The van der Waals surface area contributed by atoms with Crippen molar-refractivity contribution in [2.24, 2.45) is 0 Å². The van der Waals surface area contributed by atoms with Crippen LogP contribution in [-0.4, -0.2) is 24.5 Å². The number of aromatic nitrogens is 1. The number of thiophene rings is 1. The minimum Gasteiger partial charge on any atom is -0.298 e. The van der Waals surface area contributed by atoms with Crippen molar-refractivity contribution in [3.8, 4) is 5.69 Å². The Labute approximate surface area is 188 Å². The van der Waals surface area contributed by atoms with Gasteiger partial charge in [0.1, 0.15) is 9.96 Å². The van der Waals surface area contributed by atoms with Crippen molar-refractivity contribution in [2.45, 2.75) is 17.6 Å². The number of hydrogen-bond acceptors (Lipinski definition) is 5. The number of Topliss-reactive ketones (excluding diaryl/α,β-unsaturated/α-hetero) is 1. The van der Waals surface area contributed by atoms with Gasteiger partial charge in [-0.3, -0.25) is 14.2 Å². The summed E-state index contributed by atoms with van der Waals surface area (Å²) in [4.78, 5) is 25.2. The first-order valence-electron chi connectivity index (χ1n) is 9.44. The average molecular weight is 472 g/mol. The third kappa shape index (κ3) is 4.63. The molecular weight excluding hydrogens is 454 g/mol. The first-order valence-corrected chi connectivity index (χ1v) is 12.3. The number of benzene rings is 2. The van der Waals surface area contributed by atoms with E-state index >= 15 is 0 Å². The van der Waals surface area contributed by atoms with Gasteiger partial charge in [0.2, 0.25) is 0 Å². The molecule has 158 valence electrons. The van der Waals surface area contributed by atoms with Crippen LogP contribution in [0.15, 0.2) is 75.9 Å². The highest BCUT2D eigenvalue weighted by Gasteiger charge is 2.21. The molecule has 0 atom stereocenters. The van der Waals surface area contributed by atoms with E-state index < -0.39 is 21.4 Å². The number of carbonyl (C=O) groups is 1. The fourth-order valence-corrected chi connectivity index (χ4v) is 6.17. The molecule has 4 rings (SSSR count). The largest absolute Gasteiger partial charge is 0.298 e. The molecule has 0 radical (unpaired) electrons. The van der Waals surface area contributed by atoms with E-state index in [1.807, 2.05) is 31.2 Å². The molecule has 0 saturated heterocycles. The predicted octanol–water partition coefficient (Wildman–Crippen LogP) is 4.60. The molecule has 0 aliphatic rings. The van der Waals surface area contributed by atoms with Crippen LogP contribution in [0.3, 0.4) is 0 Å². The summed E-state index contributed by atoms with van der Waals surface area (Å²) in [5, 5.41) is 1.52. The molecule has 2 aromatic heterocycles. The molecule has 8 heteroatoms. The number of pyridine rings is 1. The Hall–Kier alpha value is -2.74. The molecule has 0 amide bonds. The van der Waals surface area contributed by atoms with Crippen LogP contribution in [-0.2, 0) is 21.1 Å². The highest BCUT2D eigenvalue weighted by Crippen LogP contribution is 2.26. The molecule has 0 aliphatic heterocycles. The molecule has 0 saturated carbocycles. The molecular formula is C23H18ClNO4S2. The van der Waals surface area contributed by atoms with Gasteiger partial charge >= 0.3 is 0 Å². The van der Waals surface area contributed by atoms with Crippen molar-refractivity contribution in [3.63, 3.8) is 0 Å². The minimum absolute atomic E-state index is 0.00949. The van der Waals surface area contributed by atoms with E-state index in [1.165, 1.54) is 12.1 Å². The number of halogens is 1. The standard InChI is InChI=1S/C23H18ClNO4S2/c1-15-2-5-17-10-11-25(23(27)20(17)12-15)18-6-3-16(4-7-18)13-19(26)14-31(28,29)22-9-8-21(24)30-22/h2-12H,13-14H2,1H3. The average Bonchev–Trinajstić information content (AvgIpc) is 3.16. The van der Waals surface area contributed by atoms with E-state index in [0.717, 1.165) is 22.3 Å². The number of rotatable bonds is 6. The van der Waals surface area contributed by atoms with Gasteiger partial charge in [-0.15, -0.1) is 11.3 Å². The van der Waals surface area contributed by atoms with Crippen molar-refractivity contribution in [3.05, 3.63) is 92.7 Å². The van der Waals surface area contributed by atoms with Gasteiger partial charge < -0.3 is 0 Å². The monoisotopic (exact) mass is 471 g/mol. The fourth-order valence-electron chi connectivity index (χ4n) is 3.36. The predicted molar refractivity (Wildman–Crippen MR) is 124 cm³/mol. The van der Waals surface area contributed by atoms with Crippen LogP contribution in [0.4, 0.5) is 0 Å². The van der Waals surface area contributed by atoms with Crippen LogP contribution in [0.1, 0.15) is 11.1 Å². The van der Waals surface area contributed by atoms with Gasteiger partial charge in [-0.1, -0.05) is 41.4 Å². The van der Waals surface area contributed by atoms with Gasteiger partial charge in [0.15, 0.2) is 15.6 Å². The Kier molecular flexibility index (Phi) is 5.83. The van der Waals surface area contributed by atoms with E-state index in [2.05, 4.69) is 0 Å². The van der Waals surface area contributed by atoms with Crippen molar-refractivity contribution in [1.82, 2.24) is 4.57 Å². The van der Waals surface area contributed by atoms with E-state index in [-0.39, 0.29) is 16.2 Å². The zero-order valence-electron chi connectivity index (χ0n) is 16.5. The van der Waals surface area contributed by atoms with Gasteiger partial charge in [0.25, 0.3) is 5.56 Å². The van der Waals surface area contributed by atoms with Crippen LogP contribution < -0.4 is 5.56 Å². The molecule has 0 spiro atoms. The zero-order valence-corrected chi connectivity index (χ0v) is 18.9. The second kappa shape index (κ2) is 8.42. The lowest BCUT2D eigenvalue weighted by Crippen LogP contribution is -2.18. The Bertz CT molecular complexity index is 1450. The van der Waals surface area contributed by atoms with Crippen molar-refractivity contribution >= 4 is 49.3 Å². The third-order valence-corrected chi connectivity index (χ3v) is 8.37. The fraction of sp³-hybridized carbons (Fsp3) is 0.130. The summed E-state index contributed by atoms with van der Waals surface area (Å²) in [5.74, 6) is -0.981. The summed E-state index contributed by atoms with van der Waals surface area (Å²) in [7, 11) is -3.70. The van der Waals surface area contributed by atoms with Crippen molar-refractivity contribution in [1.29, 1.82) is 0 Å². The summed E-state index contributed by atoms with van der Waals surface area (Å²) in [6.07, 6.45) is 1.71. The van der Waals surface area contributed by atoms with Crippen molar-refractivity contribution in [2.75, 3.05) is 5.75 Å². The number of aryl methyl sites for hydroxylation is 1. The second-order valence-corrected chi connectivity index (χ2v) is 11.2. The topological polar surface area (TPSA) is 73.2 Å². The summed E-state index contributed by atoms with van der Waals surface area (Å²) in [6.45, 7) is 1.94. The van der Waals surface area contributed by atoms with Crippen LogP contribution in [0.5, 0.6) is 0 Å². The lowest BCUT2D eigenvalue weighted by Gasteiger charge is -2.09. The van der Waals surface area contributed by atoms with Crippen LogP contribution >= 0.6 is 22.9 Å². The van der Waals surface area contributed by atoms with E-state index in [9.17, 15) is 18.0 Å². The van der Waals surface area contributed by atoms with E-state index in [0.29, 0.717) is 21.0 Å². The Morgan fingerprint density at radius 1 is 1.03 bits per heavy atom. The summed E-state index contributed by atoms with van der Waals surface area (Å²) in [6, 6.07) is 17.5. The van der Waals surface area contributed by atoms with Gasteiger partial charge in [0.05, 0.1) is 4.34 Å². The molecule has 0 unspecified atom stereocenters. The number of hydrogen-bond donors (Lipinski definition) is 0. The molecule has 5 nitrogen and oxygen atoms in total. The second-order valence-electron chi connectivity index (χ2n) is 7.28. The Balaban J connectivity index is 1.52. The maximum absolute atomic E-state index is 12.9. The van der Waals surface area contributed by atoms with E-state index in [4.69, 9.17) is 11.6 Å². The molecule has 0 fully saturated rings. The first kappa shape index (κ1) is 21.5. The molecule has 0 aliphatic carbocycles. The highest BCUT2D eigenvalue weighted by molar-refractivity contribution is 7.94. The van der Waals surface area contributed by atoms with E-state index in [1.54, 1.807) is 35.0 Å². The van der Waals surface area contributed by atoms with Gasteiger partial charge in [-0.2, -0.15) is 0 Å². The summed E-state index contributed by atoms with van der Waals surface area (Å²) >= 11 is 6.73. The minimum atomic E-state index is -3.70. The lowest BCUT2D eigenvalue weighted by atomic mass is 10.1. The third-order valence-electron chi connectivity index (χ3n) is 4.88. The molecule has 0 N–H and O–H groups in total. The van der Waals surface area contributed by atoms with Crippen LogP contribution in [0.25, 0.3) is 16.5 Å².